The van der Waals surface area contributed by atoms with Gasteiger partial charge in [-0.2, -0.15) is 4.99 Å². The van der Waals surface area contributed by atoms with Gasteiger partial charge in [-0.3, -0.25) is 14.5 Å². The number of hydrogen-bond donors (Lipinski definition) is 1. The molecule has 0 saturated carbocycles. The normalized spacial score (nSPS) is 16.9. The third-order valence-corrected chi connectivity index (χ3v) is 8.04. The molecule has 0 bridgehead atoms. The maximum absolute atomic E-state index is 13.1. The highest BCUT2D eigenvalue weighted by Crippen LogP contribution is 2.36. The van der Waals surface area contributed by atoms with E-state index in [0.29, 0.717) is 36.1 Å². The number of carbonyl (C=O) groups excluding carboxylic acids is 2. The molecule has 3 aromatic rings. The first-order valence-electron chi connectivity index (χ1n) is 12.9. The van der Waals surface area contributed by atoms with Crippen LogP contribution in [0, 0.1) is 13.8 Å². The zero-order valence-electron chi connectivity index (χ0n) is 21.8. The highest BCUT2D eigenvalue weighted by Gasteiger charge is 2.41. The topological polar surface area (TPSA) is 92.6 Å². The van der Waals surface area contributed by atoms with E-state index in [0.717, 1.165) is 22.0 Å². The number of para-hydroxylation sites is 1. The summed E-state index contributed by atoms with van der Waals surface area (Å²) in [4.78, 5) is 37.1. The third kappa shape index (κ3) is 5.14. The summed E-state index contributed by atoms with van der Waals surface area (Å²) in [5.41, 5.74) is 6.21. The molecule has 0 spiro atoms. The molecule has 198 valence electrons. The Kier molecular flexibility index (Phi) is 6.83. The maximum atomic E-state index is 13.1. The van der Waals surface area contributed by atoms with E-state index in [-0.39, 0.29) is 25.0 Å². The summed E-state index contributed by atoms with van der Waals surface area (Å²) < 4.78 is 10.8. The number of benzene rings is 3. The molecule has 0 saturated heterocycles. The second kappa shape index (κ2) is 10.6. The van der Waals surface area contributed by atoms with E-state index in [9.17, 15) is 9.59 Å². The predicted molar refractivity (Wildman–Crippen MR) is 152 cm³/mol. The van der Waals surface area contributed by atoms with E-state index in [1.165, 1.54) is 16.7 Å². The molecule has 6 rings (SSSR count). The number of carbonyl (C=O) groups is 2. The monoisotopic (exact) mass is 540 g/mol. The number of hydrogen-bond acceptors (Lipinski definition) is 7. The Balaban J connectivity index is 1.15. The molecule has 2 amide bonds. The summed E-state index contributed by atoms with van der Waals surface area (Å²) in [5, 5.41) is 3.67. The average Bonchev–Trinajstić information content (AvgIpc) is 3.53. The van der Waals surface area contributed by atoms with Crippen LogP contribution in [-0.2, 0) is 21.9 Å². The van der Waals surface area contributed by atoms with Gasteiger partial charge in [-0.05, 0) is 61.2 Å². The lowest BCUT2D eigenvalue weighted by Gasteiger charge is -2.31. The fourth-order valence-corrected chi connectivity index (χ4v) is 6.06. The minimum Gasteiger partial charge on any atom is -0.454 e. The van der Waals surface area contributed by atoms with Crippen molar-refractivity contribution < 1.29 is 19.1 Å². The largest absolute Gasteiger partial charge is 0.454 e. The quantitative estimate of drug-likeness (QED) is 0.452. The van der Waals surface area contributed by atoms with Crippen molar-refractivity contribution in [2.24, 2.45) is 9.98 Å². The number of nitrogens with one attached hydrogen (secondary N) is 1. The van der Waals surface area contributed by atoms with Crippen molar-refractivity contribution in [3.63, 3.8) is 0 Å². The lowest BCUT2D eigenvalue weighted by molar-refractivity contribution is -0.122. The highest BCUT2D eigenvalue weighted by molar-refractivity contribution is 8.13. The molecule has 0 aromatic heterocycles. The smallest absolute Gasteiger partial charge is 0.270 e. The number of nitrogens with zero attached hydrogens (tertiary/aromatic N) is 3. The molecule has 3 aliphatic heterocycles. The number of fused-ring (bicyclic) bond motifs is 4. The average molecular weight is 541 g/mol. The molecule has 3 aromatic carbocycles. The maximum Gasteiger partial charge on any atom is 0.270 e. The summed E-state index contributed by atoms with van der Waals surface area (Å²) >= 11 is 1.59. The van der Waals surface area contributed by atoms with Gasteiger partial charge in [0.05, 0.1) is 5.69 Å². The van der Waals surface area contributed by atoms with Gasteiger partial charge in [-0.25, -0.2) is 4.99 Å². The van der Waals surface area contributed by atoms with Crippen molar-refractivity contribution >= 4 is 40.3 Å². The SMILES string of the molecule is Cc1ccc(CSC2=Nc3ccccc3C3=NC(=O)C(CCC(=O)NCc4ccc5c(c4)OCO5)N23)c(C)c1. The predicted octanol–water partition coefficient (Wildman–Crippen LogP) is 5.02. The lowest BCUT2D eigenvalue weighted by atomic mass is 10.1. The van der Waals surface area contributed by atoms with Gasteiger partial charge in [0.15, 0.2) is 16.7 Å². The lowest BCUT2D eigenvalue weighted by Crippen LogP contribution is -2.44. The zero-order chi connectivity index (χ0) is 26.9. The minimum absolute atomic E-state index is 0.132. The molecule has 3 aliphatic rings. The van der Waals surface area contributed by atoms with Gasteiger partial charge in [0, 0.05) is 24.3 Å². The second-order valence-electron chi connectivity index (χ2n) is 9.79. The van der Waals surface area contributed by atoms with Crippen molar-refractivity contribution in [2.45, 2.75) is 45.0 Å². The van der Waals surface area contributed by atoms with E-state index in [2.05, 4.69) is 42.4 Å². The van der Waals surface area contributed by atoms with Crippen molar-refractivity contribution in [1.29, 1.82) is 0 Å². The molecule has 1 atom stereocenters. The summed E-state index contributed by atoms with van der Waals surface area (Å²) in [7, 11) is 0. The first-order chi connectivity index (χ1) is 19.0. The van der Waals surface area contributed by atoms with Crippen LogP contribution in [0.5, 0.6) is 11.5 Å². The van der Waals surface area contributed by atoms with Crippen molar-refractivity contribution in [2.75, 3.05) is 6.79 Å². The van der Waals surface area contributed by atoms with Crippen LogP contribution in [0.15, 0.2) is 70.6 Å². The summed E-state index contributed by atoms with van der Waals surface area (Å²) in [5.74, 6) is 2.33. The summed E-state index contributed by atoms with van der Waals surface area (Å²) in [6.07, 6.45) is 0.529. The number of amides is 2. The Morgan fingerprint density at radius 3 is 2.77 bits per heavy atom. The van der Waals surface area contributed by atoms with Gasteiger partial charge in [0.1, 0.15) is 11.9 Å². The number of aryl methyl sites for hydroxylation is 2. The molecule has 1 N–H and O–H groups in total. The van der Waals surface area contributed by atoms with Crippen molar-refractivity contribution in [1.82, 2.24) is 10.2 Å². The number of thioether (sulfide) groups is 1. The molecular weight excluding hydrogens is 512 g/mol. The summed E-state index contributed by atoms with van der Waals surface area (Å²) in [6.45, 7) is 4.77. The molecule has 39 heavy (non-hydrogen) atoms. The minimum atomic E-state index is -0.574. The molecule has 1 unspecified atom stereocenters. The fourth-order valence-electron chi connectivity index (χ4n) is 4.93. The van der Waals surface area contributed by atoms with Crippen molar-refractivity contribution in [3.8, 4) is 11.5 Å². The van der Waals surface area contributed by atoms with E-state index >= 15 is 0 Å². The van der Waals surface area contributed by atoms with Crippen LogP contribution < -0.4 is 14.8 Å². The molecule has 8 nitrogen and oxygen atoms in total. The first kappa shape index (κ1) is 25.2. The second-order valence-corrected chi connectivity index (χ2v) is 10.7. The van der Waals surface area contributed by atoms with Crippen LogP contribution in [0.25, 0.3) is 0 Å². The fraction of sp³-hybridized carbons (Fsp3) is 0.267. The standard InChI is InChI=1S/C30H28N4O4S/c1-18-7-9-21(19(2)13-18)16-39-30-32-23-6-4-3-5-22(23)28-33-29(36)24(34(28)30)10-12-27(35)31-15-20-8-11-25-26(14-20)38-17-37-25/h3-9,11,13-14,24H,10,12,15-17H2,1-2H3,(H,31,35). The Labute approximate surface area is 231 Å². The van der Waals surface area contributed by atoms with Gasteiger partial charge in [-0.1, -0.05) is 53.7 Å². The van der Waals surface area contributed by atoms with Crippen LogP contribution in [0.2, 0.25) is 0 Å². The van der Waals surface area contributed by atoms with Crippen LogP contribution in [0.4, 0.5) is 5.69 Å². The van der Waals surface area contributed by atoms with Crippen LogP contribution >= 0.6 is 11.8 Å². The van der Waals surface area contributed by atoms with Crippen LogP contribution in [0.3, 0.4) is 0 Å². The molecule has 9 heteroatoms. The zero-order valence-corrected chi connectivity index (χ0v) is 22.6. The van der Waals surface area contributed by atoms with E-state index in [1.54, 1.807) is 11.8 Å². The number of amidine groups is 2. The van der Waals surface area contributed by atoms with E-state index < -0.39 is 6.04 Å². The molecule has 0 fully saturated rings. The van der Waals surface area contributed by atoms with Gasteiger partial charge in [0.2, 0.25) is 12.7 Å². The Morgan fingerprint density at radius 2 is 1.90 bits per heavy atom. The van der Waals surface area contributed by atoms with Gasteiger partial charge < -0.3 is 14.8 Å². The van der Waals surface area contributed by atoms with Gasteiger partial charge in [0.25, 0.3) is 5.91 Å². The Morgan fingerprint density at radius 1 is 1.05 bits per heavy atom. The third-order valence-electron chi connectivity index (χ3n) is 7.03. The van der Waals surface area contributed by atoms with Crippen LogP contribution in [0.1, 0.15) is 40.7 Å². The molecule has 0 aliphatic carbocycles. The number of ether oxygens (including phenoxy) is 2. The van der Waals surface area contributed by atoms with E-state index in [1.807, 2.05) is 47.4 Å². The highest BCUT2D eigenvalue weighted by atomic mass is 32.2. The Hall–Kier alpha value is -4.11. The number of aliphatic imine (C=N–C) groups is 2. The first-order valence-corrected chi connectivity index (χ1v) is 13.9. The van der Waals surface area contributed by atoms with Gasteiger partial charge in [-0.15, -0.1) is 0 Å². The number of rotatable bonds is 7. The van der Waals surface area contributed by atoms with Crippen LogP contribution in [-0.4, -0.2) is 40.6 Å². The Bertz CT molecular complexity index is 1530. The molecule has 0 radical (unpaired) electrons. The molecule has 3 heterocycles. The van der Waals surface area contributed by atoms with Crippen molar-refractivity contribution in [3.05, 3.63) is 88.5 Å². The molecular formula is C30H28N4O4S. The van der Waals surface area contributed by atoms with Gasteiger partial charge >= 0.3 is 0 Å². The van der Waals surface area contributed by atoms with E-state index in [4.69, 9.17) is 14.5 Å². The summed E-state index contributed by atoms with van der Waals surface area (Å²) in [6, 6.07) is 19.2.